The Morgan fingerprint density at radius 3 is 1.93 bits per heavy atom. The maximum absolute atomic E-state index is 7.09. The fraction of sp³-hybridized carbons (Fsp3) is 1.00. The molecule has 0 unspecified atom stereocenters. The Balaban J connectivity index is 1.35. The van der Waals surface area contributed by atoms with Crippen LogP contribution in [0, 0.1) is 46.3 Å². The fourth-order valence-corrected chi connectivity index (χ4v) is 17.2. The molecule has 4 rings (SSSR count). The highest BCUT2D eigenvalue weighted by Crippen LogP contribution is 2.68. The summed E-state index contributed by atoms with van der Waals surface area (Å²) in [5.74, 6) is 5.68. The van der Waals surface area contributed by atoms with E-state index in [0.717, 1.165) is 42.1 Å². The van der Waals surface area contributed by atoms with Gasteiger partial charge in [-0.05, 0) is 153 Å². The maximum Gasteiger partial charge on any atom is 0.192 e. The lowest BCUT2D eigenvalue weighted by Crippen LogP contribution is -2.55. The average Bonchev–Trinajstić information content (AvgIpc) is 3.34. The van der Waals surface area contributed by atoms with Crippen molar-refractivity contribution in [2.45, 2.75) is 175 Å². The van der Waals surface area contributed by atoms with Gasteiger partial charge in [0.2, 0.25) is 0 Å². The lowest BCUT2D eigenvalue weighted by molar-refractivity contribution is -0.127. The Kier molecular flexibility index (Phi) is 11.3. The molecule has 4 aliphatic carbocycles. The molecule has 0 N–H and O–H groups in total. The molecule has 0 aliphatic heterocycles. The summed E-state index contributed by atoms with van der Waals surface area (Å²) in [4.78, 5) is 0. The SMILES string of the molecule is CC[Si](CC)(CC)OCCC[C@@H](C)[C@H]1CC[C@H]2[C@@H]3CC[C@@H]4C[C@H](O[Si](CC)(CC)CC)CC[C@]4(C)[C@H]3CC[C@]12C. The summed E-state index contributed by atoms with van der Waals surface area (Å²) >= 11 is 0. The van der Waals surface area contributed by atoms with Gasteiger partial charge in [0.15, 0.2) is 16.6 Å². The largest absolute Gasteiger partial charge is 0.417 e. The summed E-state index contributed by atoms with van der Waals surface area (Å²) < 4.78 is 13.7. The molecular formula is C36H70O2Si2. The Hall–Kier alpha value is 0.354. The van der Waals surface area contributed by atoms with E-state index in [2.05, 4.69) is 62.3 Å². The van der Waals surface area contributed by atoms with Gasteiger partial charge in [-0.3, -0.25) is 0 Å². The van der Waals surface area contributed by atoms with E-state index >= 15 is 0 Å². The van der Waals surface area contributed by atoms with Crippen LogP contribution in [0.3, 0.4) is 0 Å². The molecule has 0 bridgehead atoms. The van der Waals surface area contributed by atoms with E-state index in [0.29, 0.717) is 16.9 Å². The first-order valence-electron chi connectivity index (χ1n) is 18.4. The Morgan fingerprint density at radius 1 is 0.700 bits per heavy atom. The molecule has 4 aliphatic rings. The van der Waals surface area contributed by atoms with Gasteiger partial charge in [0.25, 0.3) is 0 Å². The molecule has 0 saturated heterocycles. The second-order valence-corrected chi connectivity index (χ2v) is 25.4. The zero-order valence-electron chi connectivity index (χ0n) is 28.6. The lowest BCUT2D eigenvalue weighted by atomic mass is 9.44. The van der Waals surface area contributed by atoms with Crippen LogP contribution >= 0.6 is 0 Å². The van der Waals surface area contributed by atoms with Gasteiger partial charge in [-0.15, -0.1) is 0 Å². The molecule has 2 nitrogen and oxygen atoms in total. The Morgan fingerprint density at radius 2 is 1.30 bits per heavy atom. The molecule has 234 valence electrons. The Bertz CT molecular complexity index is 777. The smallest absolute Gasteiger partial charge is 0.192 e. The zero-order chi connectivity index (χ0) is 29.2. The highest BCUT2D eigenvalue weighted by molar-refractivity contribution is 6.74. The van der Waals surface area contributed by atoms with E-state index in [1.807, 2.05) is 0 Å². The van der Waals surface area contributed by atoms with Crippen LogP contribution in [0.4, 0.5) is 0 Å². The topological polar surface area (TPSA) is 18.5 Å². The number of hydrogen-bond donors (Lipinski definition) is 0. The number of rotatable bonds is 14. The van der Waals surface area contributed by atoms with Gasteiger partial charge in [-0.25, -0.2) is 0 Å². The van der Waals surface area contributed by atoms with Gasteiger partial charge in [0.05, 0.1) is 0 Å². The van der Waals surface area contributed by atoms with Crippen LogP contribution in [0.15, 0.2) is 0 Å². The van der Waals surface area contributed by atoms with E-state index in [1.165, 1.54) is 107 Å². The fourth-order valence-electron chi connectivity index (χ4n) is 11.6. The molecule has 0 aromatic carbocycles. The van der Waals surface area contributed by atoms with Gasteiger partial charge in [0.1, 0.15) is 0 Å². The maximum atomic E-state index is 7.09. The summed E-state index contributed by atoms with van der Waals surface area (Å²) in [6.45, 7) is 23.4. The minimum Gasteiger partial charge on any atom is -0.417 e. The molecule has 9 atom stereocenters. The third-order valence-electron chi connectivity index (χ3n) is 14.9. The van der Waals surface area contributed by atoms with Crippen molar-refractivity contribution in [1.29, 1.82) is 0 Å². The molecule has 0 amide bonds. The lowest BCUT2D eigenvalue weighted by Gasteiger charge is -2.61. The van der Waals surface area contributed by atoms with Crippen LogP contribution in [0.2, 0.25) is 36.3 Å². The monoisotopic (exact) mass is 590 g/mol. The summed E-state index contributed by atoms with van der Waals surface area (Å²) in [7, 11) is -2.93. The highest BCUT2D eigenvalue weighted by atomic mass is 28.4. The van der Waals surface area contributed by atoms with Crippen molar-refractivity contribution < 1.29 is 8.85 Å². The summed E-state index contributed by atoms with van der Waals surface area (Å²) in [5.41, 5.74) is 1.17. The normalized spacial score (nSPS) is 38.9. The molecule has 0 radical (unpaired) electrons. The predicted molar refractivity (Wildman–Crippen MR) is 179 cm³/mol. The van der Waals surface area contributed by atoms with E-state index in [1.54, 1.807) is 0 Å². The molecule has 0 heterocycles. The van der Waals surface area contributed by atoms with E-state index in [-0.39, 0.29) is 0 Å². The average molecular weight is 591 g/mol. The van der Waals surface area contributed by atoms with E-state index in [9.17, 15) is 0 Å². The van der Waals surface area contributed by atoms with Crippen molar-refractivity contribution in [2.75, 3.05) is 6.61 Å². The first-order chi connectivity index (χ1) is 19.1. The van der Waals surface area contributed by atoms with E-state index in [4.69, 9.17) is 8.85 Å². The van der Waals surface area contributed by atoms with Crippen LogP contribution < -0.4 is 0 Å². The first-order valence-corrected chi connectivity index (χ1v) is 23.5. The standard InChI is InChI=1S/C36H70O2Si2/c1-10-39(11-2,12-3)37-26-16-17-28(7)32-20-21-33-31-19-18-29-27-30(38-40(13-4,14-5)15-6)22-24-35(29,8)34(31)23-25-36(32,33)9/h28-34H,10-27H2,1-9H3/t28-,29-,30-,31+,32-,33+,34+,35+,36-/m1/s1. The summed E-state index contributed by atoms with van der Waals surface area (Å²) in [6.07, 6.45) is 16.4. The van der Waals surface area contributed by atoms with Gasteiger partial charge < -0.3 is 8.85 Å². The molecule has 4 saturated carbocycles. The summed E-state index contributed by atoms with van der Waals surface area (Å²) in [5, 5.41) is 0. The van der Waals surface area contributed by atoms with Crippen LogP contribution in [0.25, 0.3) is 0 Å². The molecule has 40 heavy (non-hydrogen) atoms. The third kappa shape index (κ3) is 6.14. The molecule has 0 spiro atoms. The van der Waals surface area contributed by atoms with Gasteiger partial charge in [-0.2, -0.15) is 0 Å². The van der Waals surface area contributed by atoms with Crippen LogP contribution in [-0.2, 0) is 8.85 Å². The summed E-state index contributed by atoms with van der Waals surface area (Å²) in [6, 6.07) is 7.75. The minimum atomic E-state index is -1.50. The highest BCUT2D eigenvalue weighted by Gasteiger charge is 2.60. The van der Waals surface area contributed by atoms with Crippen LogP contribution in [0.1, 0.15) is 133 Å². The minimum absolute atomic E-state index is 0.565. The van der Waals surface area contributed by atoms with Gasteiger partial charge in [-0.1, -0.05) is 62.3 Å². The van der Waals surface area contributed by atoms with Crippen molar-refractivity contribution in [1.82, 2.24) is 0 Å². The molecule has 4 heteroatoms. The second kappa shape index (κ2) is 13.6. The second-order valence-electron chi connectivity index (χ2n) is 15.9. The van der Waals surface area contributed by atoms with Gasteiger partial charge in [0, 0.05) is 12.7 Å². The third-order valence-corrected chi connectivity index (χ3v) is 24.3. The van der Waals surface area contributed by atoms with Crippen molar-refractivity contribution in [3.05, 3.63) is 0 Å². The zero-order valence-corrected chi connectivity index (χ0v) is 30.6. The van der Waals surface area contributed by atoms with Crippen molar-refractivity contribution >= 4 is 16.6 Å². The quantitative estimate of drug-likeness (QED) is 0.148. The van der Waals surface area contributed by atoms with Gasteiger partial charge >= 0.3 is 0 Å². The van der Waals surface area contributed by atoms with Crippen molar-refractivity contribution in [3.63, 3.8) is 0 Å². The van der Waals surface area contributed by atoms with Crippen molar-refractivity contribution in [3.8, 4) is 0 Å². The van der Waals surface area contributed by atoms with E-state index < -0.39 is 16.6 Å². The first kappa shape index (κ1) is 33.3. The Labute approximate surface area is 253 Å². The van der Waals surface area contributed by atoms with Crippen molar-refractivity contribution in [2.24, 2.45) is 46.3 Å². The number of fused-ring (bicyclic) bond motifs is 5. The molecule has 4 fully saturated rings. The predicted octanol–water partition coefficient (Wildman–Crippen LogP) is 11.5. The van der Waals surface area contributed by atoms with Crippen LogP contribution in [-0.4, -0.2) is 29.3 Å². The molecule has 0 aromatic rings. The molecular weight excluding hydrogens is 521 g/mol. The number of hydrogen-bond acceptors (Lipinski definition) is 2. The van der Waals surface area contributed by atoms with Crippen LogP contribution in [0.5, 0.6) is 0 Å². The molecule has 0 aromatic heterocycles.